The summed E-state index contributed by atoms with van der Waals surface area (Å²) in [6.45, 7) is 8.49. The van der Waals surface area contributed by atoms with Crippen LogP contribution in [-0.2, 0) is 27.4 Å². The Balaban J connectivity index is 1.44. The summed E-state index contributed by atoms with van der Waals surface area (Å²) in [7, 11) is 0. The molecule has 3 rings (SSSR count). The zero-order valence-corrected chi connectivity index (χ0v) is 17.0. The van der Waals surface area contributed by atoms with Crippen molar-refractivity contribution < 1.29 is 14.3 Å². The zero-order chi connectivity index (χ0) is 19.8. The lowest BCUT2D eigenvalue weighted by atomic mass is 9.99. The Morgan fingerprint density at radius 1 is 1.11 bits per heavy atom. The second kappa shape index (κ2) is 10.6. The molecule has 2 aliphatic rings. The summed E-state index contributed by atoms with van der Waals surface area (Å²) in [5.41, 5.74) is 2.44. The van der Waals surface area contributed by atoms with Gasteiger partial charge in [-0.3, -0.25) is 14.5 Å². The molecule has 2 amide bonds. The molecule has 28 heavy (non-hydrogen) atoms. The number of benzene rings is 1. The SMILES string of the molecule is CC1CCCN(Cc2ccccc2CNC(=O)CCC(=O)N2CCOCC2)C1. The molecule has 1 aromatic carbocycles. The van der Waals surface area contributed by atoms with E-state index in [1.807, 2.05) is 6.07 Å². The number of rotatable bonds is 7. The molecule has 1 N–H and O–H groups in total. The fraction of sp³-hybridized carbons (Fsp3) is 0.636. The number of amides is 2. The summed E-state index contributed by atoms with van der Waals surface area (Å²) in [6, 6.07) is 8.32. The third-order valence-electron chi connectivity index (χ3n) is 5.66. The number of likely N-dealkylation sites (tertiary alicyclic amines) is 1. The standard InChI is InChI=1S/C22H33N3O3/c1-18-5-4-10-24(16-18)17-20-7-3-2-6-19(20)15-23-21(26)8-9-22(27)25-11-13-28-14-12-25/h2-3,6-7,18H,4-5,8-17H2,1H3,(H,23,26). The smallest absolute Gasteiger partial charge is 0.223 e. The summed E-state index contributed by atoms with van der Waals surface area (Å²) in [5, 5.41) is 2.99. The molecule has 1 atom stereocenters. The fourth-order valence-corrected chi connectivity index (χ4v) is 4.03. The second-order valence-corrected chi connectivity index (χ2v) is 8.02. The van der Waals surface area contributed by atoms with E-state index in [2.05, 4.69) is 35.3 Å². The van der Waals surface area contributed by atoms with Crippen molar-refractivity contribution in [1.29, 1.82) is 0 Å². The summed E-state index contributed by atoms with van der Waals surface area (Å²) in [4.78, 5) is 28.7. The highest BCUT2D eigenvalue weighted by atomic mass is 16.5. The number of morpholine rings is 1. The van der Waals surface area contributed by atoms with Crippen molar-refractivity contribution in [2.75, 3.05) is 39.4 Å². The molecule has 0 aromatic heterocycles. The monoisotopic (exact) mass is 387 g/mol. The molecule has 6 heteroatoms. The molecule has 6 nitrogen and oxygen atoms in total. The van der Waals surface area contributed by atoms with Crippen molar-refractivity contribution in [2.45, 2.75) is 45.7 Å². The van der Waals surface area contributed by atoms with Crippen LogP contribution in [0.2, 0.25) is 0 Å². The van der Waals surface area contributed by atoms with Gasteiger partial charge in [0.05, 0.1) is 13.2 Å². The molecule has 2 fully saturated rings. The maximum Gasteiger partial charge on any atom is 0.223 e. The van der Waals surface area contributed by atoms with E-state index < -0.39 is 0 Å². The molecular weight excluding hydrogens is 354 g/mol. The van der Waals surface area contributed by atoms with E-state index in [9.17, 15) is 9.59 Å². The minimum atomic E-state index is -0.0667. The Labute approximate surface area is 168 Å². The molecule has 1 aromatic rings. The molecule has 2 saturated heterocycles. The number of ether oxygens (including phenoxy) is 1. The van der Waals surface area contributed by atoms with Gasteiger partial charge in [-0.25, -0.2) is 0 Å². The lowest BCUT2D eigenvalue weighted by Crippen LogP contribution is -2.41. The molecule has 154 valence electrons. The van der Waals surface area contributed by atoms with Gasteiger partial charge in [0.1, 0.15) is 0 Å². The molecular formula is C22H33N3O3. The Morgan fingerprint density at radius 3 is 2.61 bits per heavy atom. The van der Waals surface area contributed by atoms with E-state index in [4.69, 9.17) is 4.74 Å². The van der Waals surface area contributed by atoms with E-state index in [0.29, 0.717) is 32.8 Å². The van der Waals surface area contributed by atoms with Gasteiger partial charge in [0.2, 0.25) is 11.8 Å². The highest BCUT2D eigenvalue weighted by molar-refractivity contribution is 5.83. The number of carbonyl (C=O) groups is 2. The first-order valence-electron chi connectivity index (χ1n) is 10.5. The van der Waals surface area contributed by atoms with Gasteiger partial charge in [-0.2, -0.15) is 0 Å². The fourth-order valence-electron chi connectivity index (χ4n) is 4.03. The van der Waals surface area contributed by atoms with Crippen molar-refractivity contribution in [3.05, 3.63) is 35.4 Å². The summed E-state index contributed by atoms with van der Waals surface area (Å²) in [6.07, 6.45) is 3.08. The number of piperidine rings is 1. The van der Waals surface area contributed by atoms with Gasteiger partial charge in [-0.15, -0.1) is 0 Å². The lowest BCUT2D eigenvalue weighted by Gasteiger charge is -2.31. The second-order valence-electron chi connectivity index (χ2n) is 8.02. The number of nitrogens with one attached hydrogen (secondary N) is 1. The third kappa shape index (κ3) is 6.31. The van der Waals surface area contributed by atoms with Crippen LogP contribution in [0.1, 0.15) is 43.7 Å². The number of nitrogens with zero attached hydrogens (tertiary/aromatic N) is 2. The third-order valence-corrected chi connectivity index (χ3v) is 5.66. The molecule has 0 spiro atoms. The van der Waals surface area contributed by atoms with Crippen LogP contribution in [0.15, 0.2) is 24.3 Å². The Kier molecular flexibility index (Phi) is 7.86. The highest BCUT2D eigenvalue weighted by Crippen LogP contribution is 2.19. The Bertz CT molecular complexity index is 658. The lowest BCUT2D eigenvalue weighted by molar-refractivity contribution is -0.137. The first-order chi connectivity index (χ1) is 13.6. The normalized spacial score (nSPS) is 20.8. The van der Waals surface area contributed by atoms with Crippen LogP contribution in [-0.4, -0.2) is 61.0 Å². The van der Waals surface area contributed by atoms with E-state index in [-0.39, 0.29) is 24.7 Å². The van der Waals surface area contributed by atoms with Gasteiger partial charge >= 0.3 is 0 Å². The van der Waals surface area contributed by atoms with Crippen LogP contribution in [0, 0.1) is 5.92 Å². The molecule has 2 aliphatic heterocycles. The zero-order valence-electron chi connectivity index (χ0n) is 17.0. The topological polar surface area (TPSA) is 61.9 Å². The van der Waals surface area contributed by atoms with Gasteiger partial charge in [0, 0.05) is 45.6 Å². The average Bonchev–Trinajstić information content (AvgIpc) is 2.72. The van der Waals surface area contributed by atoms with Crippen LogP contribution in [0.3, 0.4) is 0 Å². The molecule has 2 heterocycles. The van der Waals surface area contributed by atoms with Crippen LogP contribution >= 0.6 is 0 Å². The number of hydrogen-bond donors (Lipinski definition) is 1. The minimum absolute atomic E-state index is 0.0399. The molecule has 0 radical (unpaired) electrons. The van der Waals surface area contributed by atoms with Gasteiger partial charge in [-0.05, 0) is 36.4 Å². The van der Waals surface area contributed by atoms with Crippen molar-refractivity contribution in [3.8, 4) is 0 Å². The van der Waals surface area contributed by atoms with Crippen molar-refractivity contribution in [3.63, 3.8) is 0 Å². The van der Waals surface area contributed by atoms with Gasteiger partial charge in [0.15, 0.2) is 0 Å². The van der Waals surface area contributed by atoms with Gasteiger partial charge in [0.25, 0.3) is 0 Å². The van der Waals surface area contributed by atoms with E-state index in [0.717, 1.165) is 31.1 Å². The van der Waals surface area contributed by atoms with E-state index in [1.54, 1.807) is 4.90 Å². The predicted molar refractivity (Wildman–Crippen MR) is 109 cm³/mol. The molecule has 0 bridgehead atoms. The number of carbonyl (C=O) groups excluding carboxylic acids is 2. The van der Waals surface area contributed by atoms with Crippen LogP contribution < -0.4 is 5.32 Å². The summed E-state index contributed by atoms with van der Waals surface area (Å²) >= 11 is 0. The van der Waals surface area contributed by atoms with E-state index >= 15 is 0 Å². The molecule has 1 unspecified atom stereocenters. The first kappa shape index (κ1) is 20.8. The molecule has 0 aliphatic carbocycles. The van der Waals surface area contributed by atoms with Crippen LogP contribution in [0.4, 0.5) is 0 Å². The highest BCUT2D eigenvalue weighted by Gasteiger charge is 2.19. The summed E-state index contributed by atoms with van der Waals surface area (Å²) in [5.74, 6) is 0.727. The van der Waals surface area contributed by atoms with Crippen molar-refractivity contribution >= 4 is 11.8 Å². The largest absolute Gasteiger partial charge is 0.378 e. The Morgan fingerprint density at radius 2 is 1.86 bits per heavy atom. The van der Waals surface area contributed by atoms with E-state index in [1.165, 1.54) is 18.4 Å². The first-order valence-corrected chi connectivity index (χ1v) is 10.5. The molecule has 0 saturated carbocycles. The van der Waals surface area contributed by atoms with Crippen molar-refractivity contribution in [2.24, 2.45) is 5.92 Å². The van der Waals surface area contributed by atoms with Gasteiger partial charge in [-0.1, -0.05) is 31.2 Å². The predicted octanol–water partition coefficient (Wildman–Crippen LogP) is 2.17. The number of hydrogen-bond acceptors (Lipinski definition) is 4. The quantitative estimate of drug-likeness (QED) is 0.779. The van der Waals surface area contributed by atoms with Crippen LogP contribution in [0.5, 0.6) is 0 Å². The maximum absolute atomic E-state index is 12.2. The van der Waals surface area contributed by atoms with Crippen LogP contribution in [0.25, 0.3) is 0 Å². The average molecular weight is 388 g/mol. The Hall–Kier alpha value is -1.92. The van der Waals surface area contributed by atoms with Crippen molar-refractivity contribution in [1.82, 2.24) is 15.1 Å². The minimum Gasteiger partial charge on any atom is -0.378 e. The van der Waals surface area contributed by atoms with Gasteiger partial charge < -0.3 is 15.0 Å². The maximum atomic E-state index is 12.2. The summed E-state index contributed by atoms with van der Waals surface area (Å²) < 4.78 is 5.26.